The molecule has 1 heterocycles. The summed E-state index contributed by atoms with van der Waals surface area (Å²) in [7, 11) is 0. The average Bonchev–Trinajstić information content (AvgIpc) is 2.98. The molecule has 2 aliphatic rings. The second-order valence-corrected chi connectivity index (χ2v) is 6.45. The van der Waals surface area contributed by atoms with Crippen molar-refractivity contribution in [3.63, 3.8) is 0 Å². The third-order valence-corrected chi connectivity index (χ3v) is 4.82. The smallest absolute Gasteiger partial charge is 0.0415 e. The van der Waals surface area contributed by atoms with Crippen molar-refractivity contribution in [1.29, 1.82) is 0 Å². The van der Waals surface area contributed by atoms with Crippen LogP contribution in [0.25, 0.3) is 0 Å². The van der Waals surface area contributed by atoms with E-state index < -0.39 is 0 Å². The Bertz CT molecular complexity index is 433. The number of halogens is 1. The number of hydrogen-bond donors (Lipinski definition) is 1. The van der Waals surface area contributed by atoms with Crippen LogP contribution in [-0.2, 0) is 6.54 Å². The SMILES string of the molecule is CCNCc1cc(Br)ccc1N1CC2CCC1C2. The van der Waals surface area contributed by atoms with Crippen LogP contribution < -0.4 is 10.2 Å². The predicted octanol–water partition coefficient (Wildman–Crippen LogP) is 3.55. The van der Waals surface area contributed by atoms with E-state index in [1.807, 2.05) is 0 Å². The Hall–Kier alpha value is -0.540. The van der Waals surface area contributed by atoms with Gasteiger partial charge in [-0.15, -0.1) is 0 Å². The lowest BCUT2D eigenvalue weighted by atomic mass is 10.1. The largest absolute Gasteiger partial charge is 0.368 e. The number of piperidine rings is 1. The van der Waals surface area contributed by atoms with Gasteiger partial charge in [0.05, 0.1) is 0 Å². The van der Waals surface area contributed by atoms with Gasteiger partial charge < -0.3 is 10.2 Å². The van der Waals surface area contributed by atoms with Gasteiger partial charge in [-0.25, -0.2) is 0 Å². The normalized spacial score (nSPS) is 26.0. The summed E-state index contributed by atoms with van der Waals surface area (Å²) in [4.78, 5) is 2.65. The molecule has 0 aromatic heterocycles. The van der Waals surface area contributed by atoms with E-state index in [9.17, 15) is 0 Å². The highest BCUT2D eigenvalue weighted by Gasteiger charge is 2.38. The Labute approximate surface area is 118 Å². The topological polar surface area (TPSA) is 15.3 Å². The third-order valence-electron chi connectivity index (χ3n) is 4.33. The molecule has 1 aliphatic heterocycles. The Morgan fingerprint density at radius 2 is 2.28 bits per heavy atom. The number of hydrogen-bond acceptors (Lipinski definition) is 2. The Balaban J connectivity index is 1.86. The first kappa shape index (κ1) is 12.5. The molecule has 0 spiro atoms. The van der Waals surface area contributed by atoms with Crippen LogP contribution in [0, 0.1) is 5.92 Å². The molecule has 1 aliphatic carbocycles. The Morgan fingerprint density at radius 1 is 1.39 bits per heavy atom. The molecule has 18 heavy (non-hydrogen) atoms. The zero-order chi connectivity index (χ0) is 12.5. The van der Waals surface area contributed by atoms with E-state index in [1.54, 1.807) is 0 Å². The molecule has 2 nitrogen and oxygen atoms in total. The van der Waals surface area contributed by atoms with Gasteiger partial charge >= 0.3 is 0 Å². The van der Waals surface area contributed by atoms with Crippen molar-refractivity contribution < 1.29 is 0 Å². The minimum Gasteiger partial charge on any atom is -0.368 e. The van der Waals surface area contributed by atoms with Gasteiger partial charge in [0.2, 0.25) is 0 Å². The van der Waals surface area contributed by atoms with E-state index in [0.717, 1.165) is 25.0 Å². The van der Waals surface area contributed by atoms with Crippen molar-refractivity contribution in [1.82, 2.24) is 5.32 Å². The zero-order valence-corrected chi connectivity index (χ0v) is 12.5. The van der Waals surface area contributed by atoms with Gasteiger partial charge in [0.1, 0.15) is 0 Å². The molecule has 1 saturated heterocycles. The lowest BCUT2D eigenvalue weighted by molar-refractivity contribution is 0.551. The highest BCUT2D eigenvalue weighted by atomic mass is 79.9. The van der Waals surface area contributed by atoms with Crippen LogP contribution >= 0.6 is 15.9 Å². The number of benzene rings is 1. The summed E-state index contributed by atoms with van der Waals surface area (Å²) < 4.78 is 1.18. The maximum absolute atomic E-state index is 3.59. The van der Waals surface area contributed by atoms with Gasteiger partial charge in [0, 0.05) is 29.3 Å². The highest BCUT2D eigenvalue weighted by Crippen LogP contribution is 2.41. The van der Waals surface area contributed by atoms with Crippen molar-refractivity contribution >= 4 is 21.6 Å². The van der Waals surface area contributed by atoms with Gasteiger partial charge in [-0.05, 0) is 55.5 Å². The van der Waals surface area contributed by atoms with E-state index in [2.05, 4.69) is 51.3 Å². The van der Waals surface area contributed by atoms with Crippen LogP contribution in [0.15, 0.2) is 22.7 Å². The summed E-state index contributed by atoms with van der Waals surface area (Å²) in [5, 5.41) is 3.45. The van der Waals surface area contributed by atoms with Crippen LogP contribution in [0.4, 0.5) is 5.69 Å². The standard InChI is InChI=1S/C15H21BrN2/c1-2-17-9-12-8-13(16)4-6-15(12)18-10-11-3-5-14(18)7-11/h4,6,8,11,14,17H,2-3,5,7,9-10H2,1H3. The predicted molar refractivity (Wildman–Crippen MR) is 80.0 cm³/mol. The minimum absolute atomic E-state index is 0.802. The fourth-order valence-corrected chi connectivity index (χ4v) is 3.86. The van der Waals surface area contributed by atoms with Crippen LogP contribution in [0.2, 0.25) is 0 Å². The van der Waals surface area contributed by atoms with Gasteiger partial charge in [-0.2, -0.15) is 0 Å². The number of anilines is 1. The van der Waals surface area contributed by atoms with E-state index >= 15 is 0 Å². The summed E-state index contributed by atoms with van der Waals surface area (Å²) in [5.74, 6) is 0.950. The number of nitrogens with zero attached hydrogens (tertiary/aromatic N) is 1. The molecule has 2 atom stereocenters. The first-order valence-electron chi connectivity index (χ1n) is 7.03. The summed E-state index contributed by atoms with van der Waals surface area (Å²) in [6.07, 6.45) is 4.25. The summed E-state index contributed by atoms with van der Waals surface area (Å²) >= 11 is 3.59. The molecular weight excluding hydrogens is 288 g/mol. The molecule has 0 radical (unpaired) electrons. The first-order valence-corrected chi connectivity index (χ1v) is 7.83. The molecule has 1 saturated carbocycles. The summed E-state index contributed by atoms with van der Waals surface area (Å²) in [6, 6.07) is 7.54. The molecule has 1 aromatic carbocycles. The molecule has 1 aromatic rings. The second-order valence-electron chi connectivity index (χ2n) is 5.54. The summed E-state index contributed by atoms with van der Waals surface area (Å²) in [6.45, 7) is 5.43. The molecule has 0 amide bonds. The Kier molecular flexibility index (Phi) is 3.62. The average molecular weight is 309 g/mol. The first-order chi connectivity index (χ1) is 8.78. The molecule has 2 fully saturated rings. The molecule has 3 heteroatoms. The van der Waals surface area contributed by atoms with Gasteiger partial charge in [0.25, 0.3) is 0 Å². The van der Waals surface area contributed by atoms with Gasteiger partial charge in [0.15, 0.2) is 0 Å². The van der Waals surface area contributed by atoms with Crippen LogP contribution in [0.1, 0.15) is 31.7 Å². The number of nitrogens with one attached hydrogen (secondary N) is 1. The monoisotopic (exact) mass is 308 g/mol. The van der Waals surface area contributed by atoms with Crippen molar-refractivity contribution in [2.45, 2.75) is 38.8 Å². The van der Waals surface area contributed by atoms with Crippen molar-refractivity contribution in [2.24, 2.45) is 5.92 Å². The van der Waals surface area contributed by atoms with Crippen molar-refractivity contribution in [3.8, 4) is 0 Å². The number of fused-ring (bicyclic) bond motifs is 2. The fraction of sp³-hybridized carbons (Fsp3) is 0.600. The third kappa shape index (κ3) is 2.30. The van der Waals surface area contributed by atoms with E-state index in [1.165, 1.54) is 41.5 Å². The Morgan fingerprint density at radius 3 is 2.94 bits per heavy atom. The van der Waals surface area contributed by atoms with Gasteiger partial charge in [-0.3, -0.25) is 0 Å². The van der Waals surface area contributed by atoms with Crippen LogP contribution in [0.5, 0.6) is 0 Å². The molecule has 98 valence electrons. The highest BCUT2D eigenvalue weighted by molar-refractivity contribution is 9.10. The maximum Gasteiger partial charge on any atom is 0.0415 e. The second kappa shape index (κ2) is 5.22. The van der Waals surface area contributed by atoms with Gasteiger partial charge in [-0.1, -0.05) is 22.9 Å². The zero-order valence-electron chi connectivity index (χ0n) is 11.0. The van der Waals surface area contributed by atoms with Crippen molar-refractivity contribution in [3.05, 3.63) is 28.2 Å². The molecule has 3 rings (SSSR count). The fourth-order valence-electron chi connectivity index (χ4n) is 3.46. The van der Waals surface area contributed by atoms with E-state index in [4.69, 9.17) is 0 Å². The molecular formula is C15H21BrN2. The van der Waals surface area contributed by atoms with E-state index in [-0.39, 0.29) is 0 Å². The van der Waals surface area contributed by atoms with E-state index in [0.29, 0.717) is 0 Å². The van der Waals surface area contributed by atoms with Crippen LogP contribution in [0.3, 0.4) is 0 Å². The quantitative estimate of drug-likeness (QED) is 0.915. The lowest BCUT2D eigenvalue weighted by Crippen LogP contribution is -2.33. The van der Waals surface area contributed by atoms with Crippen molar-refractivity contribution in [2.75, 3.05) is 18.0 Å². The number of rotatable bonds is 4. The van der Waals surface area contributed by atoms with Crippen LogP contribution in [-0.4, -0.2) is 19.1 Å². The maximum atomic E-state index is 3.59. The summed E-state index contributed by atoms with van der Waals surface area (Å²) in [5.41, 5.74) is 2.88. The molecule has 2 bridgehead atoms. The molecule has 1 N–H and O–H groups in total. The molecule has 2 unspecified atom stereocenters. The lowest BCUT2D eigenvalue weighted by Gasteiger charge is -2.31. The minimum atomic E-state index is 0.802.